The van der Waals surface area contributed by atoms with Gasteiger partial charge in [0.1, 0.15) is 0 Å². The van der Waals surface area contributed by atoms with Crippen LogP contribution in [0.1, 0.15) is 24.2 Å². The maximum Gasteiger partial charge on any atom is 0.220 e. The van der Waals surface area contributed by atoms with E-state index in [-0.39, 0.29) is 0 Å². The van der Waals surface area contributed by atoms with Gasteiger partial charge in [-0.3, -0.25) is 5.10 Å². The summed E-state index contributed by atoms with van der Waals surface area (Å²) in [5.41, 5.74) is 0. The Morgan fingerprint density at radius 1 is 0.933 bits per heavy atom. The molecule has 1 heterocycles. The van der Waals surface area contributed by atoms with Crippen LogP contribution >= 0.6 is 0 Å². The number of methoxy groups -OCH3 is 4. The molecular formula is C8H15N3O4. The molecule has 0 saturated heterocycles. The summed E-state index contributed by atoms with van der Waals surface area (Å²) in [6.45, 7) is 0. The summed E-state index contributed by atoms with van der Waals surface area (Å²) >= 11 is 0. The normalized spacial score (nSPS) is 11.6. The third kappa shape index (κ3) is 2.72. The van der Waals surface area contributed by atoms with Gasteiger partial charge < -0.3 is 18.9 Å². The molecule has 0 aliphatic rings. The van der Waals surface area contributed by atoms with Gasteiger partial charge in [-0.2, -0.15) is 5.10 Å². The molecule has 0 bridgehead atoms. The lowest BCUT2D eigenvalue weighted by atomic mass is 10.5. The molecule has 0 unspecified atom stereocenters. The van der Waals surface area contributed by atoms with Gasteiger partial charge in [-0.25, -0.2) is 4.98 Å². The molecule has 1 aromatic rings. The van der Waals surface area contributed by atoms with Gasteiger partial charge in [0.15, 0.2) is 5.82 Å². The number of aromatic amines is 1. The Morgan fingerprint density at radius 2 is 1.47 bits per heavy atom. The van der Waals surface area contributed by atoms with E-state index < -0.39 is 12.6 Å². The Hall–Kier alpha value is -1.02. The van der Waals surface area contributed by atoms with Crippen LogP contribution < -0.4 is 0 Å². The van der Waals surface area contributed by atoms with Crippen molar-refractivity contribution < 1.29 is 18.9 Å². The third-order valence-corrected chi connectivity index (χ3v) is 1.81. The van der Waals surface area contributed by atoms with Gasteiger partial charge >= 0.3 is 0 Å². The van der Waals surface area contributed by atoms with E-state index in [1.807, 2.05) is 0 Å². The van der Waals surface area contributed by atoms with Crippen LogP contribution in [0.15, 0.2) is 0 Å². The highest BCUT2D eigenvalue weighted by atomic mass is 16.7. The smallest absolute Gasteiger partial charge is 0.220 e. The van der Waals surface area contributed by atoms with Crippen molar-refractivity contribution in [2.75, 3.05) is 28.4 Å². The Kier molecular flexibility index (Phi) is 4.63. The van der Waals surface area contributed by atoms with E-state index in [2.05, 4.69) is 15.2 Å². The molecule has 0 amide bonds. The molecule has 0 radical (unpaired) electrons. The molecule has 86 valence electrons. The first-order chi connectivity index (χ1) is 7.26. The van der Waals surface area contributed by atoms with Crippen LogP contribution in [0.3, 0.4) is 0 Å². The number of hydrogen-bond donors (Lipinski definition) is 1. The van der Waals surface area contributed by atoms with Crippen LogP contribution in [0.25, 0.3) is 0 Å². The predicted octanol–water partition coefficient (Wildman–Crippen LogP) is 0.387. The predicted molar refractivity (Wildman–Crippen MR) is 49.9 cm³/mol. The molecule has 1 rings (SSSR count). The maximum atomic E-state index is 5.01. The van der Waals surface area contributed by atoms with Crippen LogP contribution in [-0.4, -0.2) is 43.6 Å². The first kappa shape index (κ1) is 12.1. The third-order valence-electron chi connectivity index (χ3n) is 1.81. The molecule has 0 spiro atoms. The van der Waals surface area contributed by atoms with E-state index in [0.29, 0.717) is 11.6 Å². The summed E-state index contributed by atoms with van der Waals surface area (Å²) in [6.07, 6.45) is -1.16. The number of aromatic nitrogens is 3. The van der Waals surface area contributed by atoms with E-state index in [0.717, 1.165) is 0 Å². The quantitative estimate of drug-likeness (QED) is 0.694. The zero-order chi connectivity index (χ0) is 11.3. The average molecular weight is 217 g/mol. The molecular weight excluding hydrogens is 202 g/mol. The Morgan fingerprint density at radius 3 is 1.93 bits per heavy atom. The number of ether oxygens (including phenoxy) is 4. The highest BCUT2D eigenvalue weighted by Gasteiger charge is 2.19. The highest BCUT2D eigenvalue weighted by Crippen LogP contribution is 2.16. The van der Waals surface area contributed by atoms with Crippen LogP contribution in [0.4, 0.5) is 0 Å². The minimum Gasteiger partial charge on any atom is -0.349 e. The van der Waals surface area contributed by atoms with E-state index in [9.17, 15) is 0 Å². The minimum atomic E-state index is -0.593. The number of nitrogens with one attached hydrogen (secondary N) is 1. The fraction of sp³-hybridized carbons (Fsp3) is 0.750. The van der Waals surface area contributed by atoms with Gasteiger partial charge in [-0.1, -0.05) is 0 Å². The molecule has 7 heteroatoms. The summed E-state index contributed by atoms with van der Waals surface area (Å²) in [5.74, 6) is 0.864. The first-order valence-corrected chi connectivity index (χ1v) is 4.30. The highest BCUT2D eigenvalue weighted by molar-refractivity contribution is 4.93. The minimum absolute atomic E-state index is 0.397. The van der Waals surface area contributed by atoms with E-state index in [1.165, 1.54) is 28.4 Å². The second-order valence-corrected chi connectivity index (χ2v) is 2.69. The van der Waals surface area contributed by atoms with Crippen LogP contribution in [0, 0.1) is 0 Å². The zero-order valence-corrected chi connectivity index (χ0v) is 9.18. The van der Waals surface area contributed by atoms with Crippen molar-refractivity contribution in [1.82, 2.24) is 15.2 Å². The van der Waals surface area contributed by atoms with E-state index in [1.54, 1.807) is 0 Å². The zero-order valence-electron chi connectivity index (χ0n) is 9.18. The number of H-pyrrole nitrogens is 1. The van der Waals surface area contributed by atoms with Crippen LogP contribution in [0.5, 0.6) is 0 Å². The average Bonchev–Trinajstić information content (AvgIpc) is 2.71. The standard InChI is InChI=1S/C8H15N3O4/c1-12-7(13-2)5-9-6(11-10-5)8(14-3)15-4/h7-8H,1-4H3,(H,9,10,11). The van der Waals surface area contributed by atoms with Gasteiger partial charge in [0, 0.05) is 28.4 Å². The summed E-state index contributed by atoms with van der Waals surface area (Å²) in [4.78, 5) is 4.13. The summed E-state index contributed by atoms with van der Waals surface area (Å²) in [7, 11) is 6.05. The van der Waals surface area contributed by atoms with Crippen molar-refractivity contribution in [2.45, 2.75) is 12.6 Å². The molecule has 15 heavy (non-hydrogen) atoms. The van der Waals surface area contributed by atoms with Gasteiger partial charge in [-0.05, 0) is 0 Å². The van der Waals surface area contributed by atoms with E-state index in [4.69, 9.17) is 18.9 Å². The SMILES string of the molecule is COC(OC)c1n[nH]c(C(OC)OC)n1. The maximum absolute atomic E-state index is 5.01. The molecule has 0 aliphatic carbocycles. The fourth-order valence-corrected chi connectivity index (χ4v) is 1.13. The number of hydrogen-bond acceptors (Lipinski definition) is 6. The lowest BCUT2D eigenvalue weighted by Gasteiger charge is -2.09. The monoisotopic (exact) mass is 217 g/mol. The Bertz CT molecular complexity index is 257. The van der Waals surface area contributed by atoms with Crippen molar-refractivity contribution in [3.8, 4) is 0 Å². The summed E-state index contributed by atoms with van der Waals surface area (Å²) in [5, 5.41) is 6.61. The molecule has 1 aromatic heterocycles. The molecule has 0 aliphatic heterocycles. The van der Waals surface area contributed by atoms with Crippen molar-refractivity contribution in [2.24, 2.45) is 0 Å². The van der Waals surface area contributed by atoms with Crippen molar-refractivity contribution in [3.63, 3.8) is 0 Å². The Labute approximate surface area is 87.7 Å². The molecule has 0 saturated carbocycles. The van der Waals surface area contributed by atoms with Crippen LogP contribution in [0.2, 0.25) is 0 Å². The molecule has 0 fully saturated rings. The molecule has 7 nitrogen and oxygen atoms in total. The second kappa shape index (κ2) is 5.76. The largest absolute Gasteiger partial charge is 0.349 e. The second-order valence-electron chi connectivity index (χ2n) is 2.69. The van der Waals surface area contributed by atoms with Gasteiger partial charge in [0.2, 0.25) is 18.4 Å². The molecule has 0 atom stereocenters. The molecule has 1 N–H and O–H groups in total. The lowest BCUT2D eigenvalue weighted by Crippen LogP contribution is -2.08. The van der Waals surface area contributed by atoms with Crippen molar-refractivity contribution in [3.05, 3.63) is 11.6 Å². The number of rotatable bonds is 6. The van der Waals surface area contributed by atoms with Gasteiger partial charge in [-0.15, -0.1) is 0 Å². The summed E-state index contributed by atoms with van der Waals surface area (Å²) in [6, 6.07) is 0. The lowest BCUT2D eigenvalue weighted by molar-refractivity contribution is -0.115. The van der Waals surface area contributed by atoms with Gasteiger partial charge in [0.25, 0.3) is 0 Å². The summed E-state index contributed by atoms with van der Waals surface area (Å²) < 4.78 is 20.0. The van der Waals surface area contributed by atoms with E-state index >= 15 is 0 Å². The van der Waals surface area contributed by atoms with Crippen molar-refractivity contribution in [1.29, 1.82) is 0 Å². The first-order valence-electron chi connectivity index (χ1n) is 4.30. The van der Waals surface area contributed by atoms with Crippen LogP contribution in [-0.2, 0) is 18.9 Å². The Balaban J connectivity index is 2.78. The number of nitrogens with zero attached hydrogens (tertiary/aromatic N) is 2. The van der Waals surface area contributed by atoms with Gasteiger partial charge in [0.05, 0.1) is 0 Å². The fourth-order valence-electron chi connectivity index (χ4n) is 1.13. The van der Waals surface area contributed by atoms with Crippen molar-refractivity contribution >= 4 is 0 Å². The topological polar surface area (TPSA) is 78.5 Å². The molecule has 0 aromatic carbocycles.